The minimum absolute atomic E-state index is 0.0683. The summed E-state index contributed by atoms with van der Waals surface area (Å²) in [5, 5.41) is 23.3. The summed E-state index contributed by atoms with van der Waals surface area (Å²) in [5.41, 5.74) is 10.6. The van der Waals surface area contributed by atoms with E-state index in [1.165, 1.54) is 0 Å². The molecule has 1 aliphatic heterocycles. The summed E-state index contributed by atoms with van der Waals surface area (Å²) in [7, 11) is 0. The van der Waals surface area contributed by atoms with Gasteiger partial charge in [0.05, 0.1) is 0 Å². The SMILES string of the molecule is CC(C)N1CCC(NC(=O)c2cccc(-c3cccc(CC(NC(=O)C4CCC(CN)CC4)C(=O)Nc4ccc(-c5nn[nH]n5)cc4)c3)c2)CC1. The Hall–Kier alpha value is -4.94. The lowest BCUT2D eigenvalue weighted by Gasteiger charge is -2.34. The number of rotatable bonds is 12. The first-order chi connectivity index (χ1) is 24.7. The van der Waals surface area contributed by atoms with Crippen LogP contribution >= 0.6 is 0 Å². The Morgan fingerprint density at radius 2 is 1.59 bits per heavy atom. The fraction of sp³-hybridized carbons (Fsp3) is 0.436. The molecule has 1 aromatic heterocycles. The average Bonchev–Trinajstić information content (AvgIpc) is 3.71. The van der Waals surface area contributed by atoms with Crippen LogP contribution in [0.2, 0.25) is 0 Å². The lowest BCUT2D eigenvalue weighted by Crippen LogP contribution is -2.48. The number of benzene rings is 3. The third-order valence-corrected chi connectivity index (χ3v) is 10.4. The quantitative estimate of drug-likeness (QED) is 0.144. The lowest BCUT2D eigenvalue weighted by molar-refractivity contribution is -0.130. The van der Waals surface area contributed by atoms with Gasteiger partial charge in [0.15, 0.2) is 0 Å². The van der Waals surface area contributed by atoms with Gasteiger partial charge < -0.3 is 26.6 Å². The van der Waals surface area contributed by atoms with Gasteiger partial charge in [0, 0.05) is 54.3 Å². The van der Waals surface area contributed by atoms with Crippen LogP contribution < -0.4 is 21.7 Å². The van der Waals surface area contributed by atoms with Crippen molar-refractivity contribution in [3.05, 3.63) is 83.9 Å². The van der Waals surface area contributed by atoms with Crippen LogP contribution in [0, 0.1) is 11.8 Å². The molecular weight excluding hydrogens is 642 g/mol. The van der Waals surface area contributed by atoms with Crippen LogP contribution in [-0.2, 0) is 16.0 Å². The van der Waals surface area contributed by atoms with Crippen LogP contribution in [0.1, 0.15) is 68.3 Å². The van der Waals surface area contributed by atoms with E-state index in [1.807, 2.05) is 48.5 Å². The van der Waals surface area contributed by atoms with Crippen molar-refractivity contribution in [3.8, 4) is 22.5 Å². The largest absolute Gasteiger partial charge is 0.349 e. The number of nitrogens with zero attached hydrogens (tertiary/aromatic N) is 4. The fourth-order valence-corrected chi connectivity index (χ4v) is 7.16. The molecule has 4 aromatic rings. The predicted molar refractivity (Wildman–Crippen MR) is 197 cm³/mol. The zero-order valence-corrected chi connectivity index (χ0v) is 29.5. The molecule has 0 spiro atoms. The molecule has 1 saturated carbocycles. The number of amides is 3. The number of tetrazole rings is 1. The molecule has 12 heteroatoms. The summed E-state index contributed by atoms with van der Waals surface area (Å²) in [6, 6.07) is 22.6. The maximum Gasteiger partial charge on any atom is 0.251 e. The number of nitrogens with one attached hydrogen (secondary N) is 4. The molecule has 1 saturated heterocycles. The van der Waals surface area contributed by atoms with Crippen LogP contribution in [0.15, 0.2) is 72.8 Å². The summed E-state index contributed by atoms with van der Waals surface area (Å²) in [6.07, 6.45) is 5.52. The van der Waals surface area contributed by atoms with Crippen molar-refractivity contribution in [2.45, 2.75) is 76.9 Å². The van der Waals surface area contributed by atoms with Crippen molar-refractivity contribution in [1.82, 2.24) is 36.2 Å². The topological polar surface area (TPSA) is 171 Å². The molecule has 268 valence electrons. The van der Waals surface area contributed by atoms with Gasteiger partial charge in [0.2, 0.25) is 17.6 Å². The first kappa shape index (κ1) is 35.9. The third-order valence-electron chi connectivity index (χ3n) is 10.4. The lowest BCUT2D eigenvalue weighted by atomic mass is 9.81. The number of hydrogen-bond donors (Lipinski definition) is 5. The molecule has 3 amide bonds. The van der Waals surface area contributed by atoms with E-state index in [4.69, 9.17) is 5.73 Å². The smallest absolute Gasteiger partial charge is 0.251 e. The van der Waals surface area contributed by atoms with Gasteiger partial charge in [-0.1, -0.05) is 36.4 Å². The summed E-state index contributed by atoms with van der Waals surface area (Å²) in [4.78, 5) is 43.0. The third kappa shape index (κ3) is 9.44. The number of carbonyl (C=O) groups is 3. The number of likely N-dealkylation sites (tertiary alicyclic amines) is 1. The molecule has 6 rings (SSSR count). The van der Waals surface area contributed by atoms with Crippen molar-refractivity contribution < 1.29 is 14.4 Å². The van der Waals surface area contributed by atoms with Crippen LogP contribution in [0.5, 0.6) is 0 Å². The van der Waals surface area contributed by atoms with Gasteiger partial charge in [-0.3, -0.25) is 14.4 Å². The Kier molecular flexibility index (Phi) is 11.8. The number of aromatic amines is 1. The number of nitrogens with two attached hydrogens (primary N) is 1. The molecule has 2 heterocycles. The van der Waals surface area contributed by atoms with E-state index in [-0.39, 0.29) is 29.7 Å². The molecule has 12 nitrogen and oxygen atoms in total. The van der Waals surface area contributed by atoms with E-state index in [9.17, 15) is 14.4 Å². The van der Waals surface area contributed by atoms with Gasteiger partial charge in [0.25, 0.3) is 5.91 Å². The number of carbonyl (C=O) groups excluding carboxylic acids is 3. The average molecular weight is 692 g/mol. The first-order valence-corrected chi connectivity index (χ1v) is 18.1. The highest BCUT2D eigenvalue weighted by molar-refractivity contribution is 5.98. The Bertz CT molecular complexity index is 1760. The van der Waals surface area contributed by atoms with Gasteiger partial charge in [0.1, 0.15) is 6.04 Å². The van der Waals surface area contributed by atoms with Crippen molar-refractivity contribution in [3.63, 3.8) is 0 Å². The van der Waals surface area contributed by atoms with E-state index in [1.54, 1.807) is 24.3 Å². The molecule has 1 atom stereocenters. The Labute approximate surface area is 299 Å². The zero-order valence-electron chi connectivity index (χ0n) is 29.5. The highest BCUT2D eigenvalue weighted by atomic mass is 16.2. The minimum atomic E-state index is -0.809. The summed E-state index contributed by atoms with van der Waals surface area (Å²) in [6.45, 7) is 7.02. The highest BCUT2D eigenvalue weighted by Crippen LogP contribution is 2.29. The molecule has 2 aliphatic rings. The Morgan fingerprint density at radius 1 is 0.882 bits per heavy atom. The van der Waals surface area contributed by atoms with Gasteiger partial charge in [-0.2, -0.15) is 5.21 Å². The molecule has 3 aromatic carbocycles. The van der Waals surface area contributed by atoms with Crippen molar-refractivity contribution in [1.29, 1.82) is 0 Å². The van der Waals surface area contributed by atoms with E-state index in [0.717, 1.165) is 73.9 Å². The van der Waals surface area contributed by atoms with Crippen LogP contribution in [-0.4, -0.2) is 81.0 Å². The molecule has 51 heavy (non-hydrogen) atoms. The molecule has 0 bridgehead atoms. The number of anilines is 1. The number of H-pyrrole nitrogens is 1. The Balaban J connectivity index is 1.15. The first-order valence-electron chi connectivity index (χ1n) is 18.1. The van der Waals surface area contributed by atoms with E-state index < -0.39 is 6.04 Å². The van der Waals surface area contributed by atoms with Gasteiger partial charge in [-0.15, -0.1) is 10.2 Å². The number of hydrogen-bond acceptors (Lipinski definition) is 8. The van der Waals surface area contributed by atoms with Gasteiger partial charge in [-0.05, 0) is 123 Å². The molecule has 1 aliphatic carbocycles. The van der Waals surface area contributed by atoms with Crippen molar-refractivity contribution in [2.24, 2.45) is 17.6 Å². The van der Waals surface area contributed by atoms with Crippen LogP contribution in [0.3, 0.4) is 0 Å². The summed E-state index contributed by atoms with van der Waals surface area (Å²) < 4.78 is 0. The maximum absolute atomic E-state index is 13.8. The number of aromatic nitrogens is 4. The predicted octanol–water partition coefficient (Wildman–Crippen LogP) is 4.57. The zero-order chi connectivity index (χ0) is 35.7. The summed E-state index contributed by atoms with van der Waals surface area (Å²) >= 11 is 0. The minimum Gasteiger partial charge on any atom is -0.349 e. The van der Waals surface area contributed by atoms with E-state index >= 15 is 0 Å². The second kappa shape index (κ2) is 16.8. The summed E-state index contributed by atoms with van der Waals surface area (Å²) in [5.74, 6) is 0.258. The highest BCUT2D eigenvalue weighted by Gasteiger charge is 2.30. The standard InChI is InChI=1S/C39H49N9O3/c1-25(2)48-19-17-34(18-20-48)41-38(50)32-8-4-7-31(23-32)30-6-3-5-27(21-30)22-35(43-37(49)29-11-9-26(24-40)10-12-29)39(51)42-33-15-13-28(14-16-33)36-44-46-47-45-36/h3-8,13-16,21,23,25-26,29,34-35H,9-12,17-20,22,24,40H2,1-2H3,(H,41,50)(H,42,51)(H,43,49)(H,44,45,46,47). The van der Waals surface area contributed by atoms with Gasteiger partial charge >= 0.3 is 0 Å². The second-order valence-electron chi connectivity index (χ2n) is 14.2. The van der Waals surface area contributed by atoms with E-state index in [2.05, 4.69) is 55.3 Å². The van der Waals surface area contributed by atoms with Crippen LogP contribution in [0.25, 0.3) is 22.5 Å². The van der Waals surface area contributed by atoms with Gasteiger partial charge in [-0.25, -0.2) is 0 Å². The normalized spacial score (nSPS) is 19.0. The molecular formula is C39H49N9O3. The molecule has 2 fully saturated rings. The van der Waals surface area contributed by atoms with Crippen molar-refractivity contribution in [2.75, 3.05) is 25.0 Å². The van der Waals surface area contributed by atoms with Crippen molar-refractivity contribution >= 4 is 23.4 Å². The second-order valence-corrected chi connectivity index (χ2v) is 14.2. The van der Waals surface area contributed by atoms with Crippen LogP contribution in [0.4, 0.5) is 5.69 Å². The molecule has 6 N–H and O–H groups in total. The fourth-order valence-electron chi connectivity index (χ4n) is 7.16. The van der Waals surface area contributed by atoms with E-state index in [0.29, 0.717) is 42.0 Å². The molecule has 1 unspecified atom stereocenters. The number of piperidine rings is 1. The monoisotopic (exact) mass is 691 g/mol. The molecule has 0 radical (unpaired) electrons. The Morgan fingerprint density at radius 3 is 2.25 bits per heavy atom. The maximum atomic E-state index is 13.8.